The van der Waals surface area contributed by atoms with Crippen molar-refractivity contribution in [3.8, 4) is 0 Å². The van der Waals surface area contributed by atoms with Gasteiger partial charge in [-0.1, -0.05) is 26.7 Å². The van der Waals surface area contributed by atoms with Gasteiger partial charge in [-0.25, -0.2) is 4.98 Å². The first-order valence-electron chi connectivity index (χ1n) is 7.57. The first-order chi connectivity index (χ1) is 9.61. The van der Waals surface area contributed by atoms with E-state index in [4.69, 9.17) is 5.73 Å². The molecule has 2 heterocycles. The number of carbonyl (C=O) groups is 1. The van der Waals surface area contributed by atoms with Crippen molar-refractivity contribution in [3.63, 3.8) is 0 Å². The van der Waals surface area contributed by atoms with Gasteiger partial charge in [-0.15, -0.1) is 23.7 Å². The number of hydrogen-bond acceptors (Lipinski definition) is 4. The van der Waals surface area contributed by atoms with E-state index >= 15 is 0 Å². The number of likely N-dealkylation sites (tertiary alicyclic amines) is 1. The number of hydrogen-bond donors (Lipinski definition) is 1. The lowest BCUT2D eigenvalue weighted by atomic mass is 9.98. The van der Waals surface area contributed by atoms with E-state index in [1.807, 2.05) is 5.38 Å². The lowest BCUT2D eigenvalue weighted by Crippen LogP contribution is -2.41. The molecule has 1 saturated heterocycles. The highest BCUT2D eigenvalue weighted by Gasteiger charge is 2.28. The SMILES string of the molecule is CC(C)CC1CCCCCN1C(=O)c1csc(CN)n1.Cl. The maximum atomic E-state index is 12.7. The number of rotatable bonds is 4. The van der Waals surface area contributed by atoms with E-state index in [2.05, 4.69) is 23.7 Å². The highest BCUT2D eigenvalue weighted by atomic mass is 35.5. The van der Waals surface area contributed by atoms with E-state index in [1.54, 1.807) is 0 Å². The van der Waals surface area contributed by atoms with Crippen LogP contribution in [0.2, 0.25) is 0 Å². The van der Waals surface area contributed by atoms with Crippen LogP contribution in [0.4, 0.5) is 0 Å². The van der Waals surface area contributed by atoms with Gasteiger partial charge in [-0.2, -0.15) is 0 Å². The van der Waals surface area contributed by atoms with Crippen LogP contribution in [-0.2, 0) is 6.54 Å². The fourth-order valence-corrected chi connectivity index (χ4v) is 3.53. The summed E-state index contributed by atoms with van der Waals surface area (Å²) in [7, 11) is 0. The van der Waals surface area contributed by atoms with Gasteiger partial charge in [-0.05, 0) is 25.2 Å². The molecule has 4 nitrogen and oxygen atoms in total. The number of carbonyl (C=O) groups excluding carboxylic acids is 1. The summed E-state index contributed by atoms with van der Waals surface area (Å²) in [4.78, 5) is 19.1. The first kappa shape index (κ1) is 18.4. The van der Waals surface area contributed by atoms with Crippen LogP contribution in [-0.4, -0.2) is 28.4 Å². The molecular formula is C15H26ClN3OS. The Morgan fingerprint density at radius 1 is 1.48 bits per heavy atom. The molecule has 1 unspecified atom stereocenters. The van der Waals surface area contributed by atoms with Crippen LogP contribution in [0, 0.1) is 5.92 Å². The van der Waals surface area contributed by atoms with E-state index in [-0.39, 0.29) is 18.3 Å². The fourth-order valence-electron chi connectivity index (χ4n) is 2.88. The normalized spacial score (nSPS) is 19.2. The van der Waals surface area contributed by atoms with Crippen molar-refractivity contribution < 1.29 is 4.79 Å². The van der Waals surface area contributed by atoms with Gasteiger partial charge < -0.3 is 10.6 Å². The molecule has 0 spiro atoms. The van der Waals surface area contributed by atoms with E-state index in [0.29, 0.717) is 24.2 Å². The molecule has 1 aliphatic heterocycles. The van der Waals surface area contributed by atoms with Gasteiger partial charge in [0.25, 0.3) is 5.91 Å². The van der Waals surface area contributed by atoms with Gasteiger partial charge in [0.05, 0.1) is 0 Å². The van der Waals surface area contributed by atoms with Crippen molar-refractivity contribution in [1.82, 2.24) is 9.88 Å². The van der Waals surface area contributed by atoms with Gasteiger partial charge in [0, 0.05) is 24.5 Å². The molecule has 120 valence electrons. The minimum atomic E-state index is 0. The van der Waals surface area contributed by atoms with Crippen molar-refractivity contribution in [1.29, 1.82) is 0 Å². The summed E-state index contributed by atoms with van der Waals surface area (Å²) >= 11 is 1.48. The molecule has 1 amide bonds. The minimum Gasteiger partial charge on any atom is -0.334 e. The zero-order chi connectivity index (χ0) is 14.5. The Balaban J connectivity index is 0.00000220. The smallest absolute Gasteiger partial charge is 0.273 e. The lowest BCUT2D eigenvalue weighted by Gasteiger charge is -2.30. The van der Waals surface area contributed by atoms with Gasteiger partial charge >= 0.3 is 0 Å². The summed E-state index contributed by atoms with van der Waals surface area (Å²) in [5.41, 5.74) is 6.16. The van der Waals surface area contributed by atoms with Crippen molar-refractivity contribution in [2.75, 3.05) is 6.54 Å². The van der Waals surface area contributed by atoms with E-state index in [1.165, 1.54) is 24.2 Å². The third-order valence-electron chi connectivity index (χ3n) is 3.83. The second-order valence-corrected chi connectivity index (χ2v) is 6.90. The van der Waals surface area contributed by atoms with Gasteiger partial charge in [-0.3, -0.25) is 4.79 Å². The summed E-state index contributed by atoms with van der Waals surface area (Å²) in [5.74, 6) is 0.705. The molecule has 2 N–H and O–H groups in total. The monoisotopic (exact) mass is 331 g/mol. The number of thiazole rings is 1. The Labute approximate surface area is 137 Å². The van der Waals surface area contributed by atoms with Crippen LogP contribution < -0.4 is 5.73 Å². The number of halogens is 1. The third-order valence-corrected chi connectivity index (χ3v) is 4.70. The number of aromatic nitrogens is 1. The predicted molar refractivity (Wildman–Crippen MR) is 90.0 cm³/mol. The maximum Gasteiger partial charge on any atom is 0.273 e. The molecule has 0 aromatic carbocycles. The van der Waals surface area contributed by atoms with Crippen molar-refractivity contribution >= 4 is 29.7 Å². The van der Waals surface area contributed by atoms with Crippen LogP contribution in [0.1, 0.15) is 61.4 Å². The molecule has 6 heteroatoms. The van der Waals surface area contributed by atoms with Crippen LogP contribution in [0.25, 0.3) is 0 Å². The molecule has 0 bridgehead atoms. The summed E-state index contributed by atoms with van der Waals surface area (Å²) in [6.07, 6.45) is 5.77. The Hall–Kier alpha value is -0.650. The minimum absolute atomic E-state index is 0. The van der Waals surface area contributed by atoms with Crippen molar-refractivity contribution in [2.24, 2.45) is 11.7 Å². The van der Waals surface area contributed by atoms with Crippen molar-refractivity contribution in [2.45, 2.75) is 58.5 Å². The molecule has 0 aliphatic carbocycles. The van der Waals surface area contributed by atoms with E-state index < -0.39 is 0 Å². The van der Waals surface area contributed by atoms with E-state index in [9.17, 15) is 4.79 Å². The second-order valence-electron chi connectivity index (χ2n) is 5.96. The topological polar surface area (TPSA) is 59.2 Å². The van der Waals surface area contributed by atoms with Crippen LogP contribution in [0.5, 0.6) is 0 Å². The number of amides is 1. The van der Waals surface area contributed by atoms with Crippen molar-refractivity contribution in [3.05, 3.63) is 16.1 Å². The molecule has 1 aromatic heterocycles. The van der Waals surface area contributed by atoms with Gasteiger partial charge in [0.2, 0.25) is 0 Å². The summed E-state index contributed by atoms with van der Waals surface area (Å²) in [6, 6.07) is 0.369. The molecule has 2 rings (SSSR count). The second kappa shape index (κ2) is 8.71. The largest absolute Gasteiger partial charge is 0.334 e. The van der Waals surface area contributed by atoms with Gasteiger partial charge in [0.15, 0.2) is 0 Å². The molecule has 1 aromatic rings. The maximum absolute atomic E-state index is 12.7. The molecule has 21 heavy (non-hydrogen) atoms. The molecule has 0 radical (unpaired) electrons. The highest BCUT2D eigenvalue weighted by molar-refractivity contribution is 7.09. The lowest BCUT2D eigenvalue weighted by molar-refractivity contribution is 0.0656. The number of nitrogens with zero attached hydrogens (tertiary/aromatic N) is 2. The van der Waals surface area contributed by atoms with Crippen LogP contribution in [0.3, 0.4) is 0 Å². The average molecular weight is 332 g/mol. The zero-order valence-corrected chi connectivity index (χ0v) is 14.5. The zero-order valence-electron chi connectivity index (χ0n) is 12.9. The summed E-state index contributed by atoms with van der Waals surface area (Å²) in [6.45, 7) is 5.73. The third kappa shape index (κ3) is 4.94. The fraction of sp³-hybridized carbons (Fsp3) is 0.733. The molecular weight excluding hydrogens is 306 g/mol. The number of nitrogens with two attached hydrogens (primary N) is 1. The standard InChI is InChI=1S/C15H25N3OS.ClH/c1-11(2)8-12-6-4-3-5-7-18(12)15(19)13-10-20-14(9-16)17-13;/h10-12H,3-9,16H2,1-2H3;1H. The summed E-state index contributed by atoms with van der Waals surface area (Å²) in [5, 5.41) is 2.69. The first-order valence-corrected chi connectivity index (χ1v) is 8.45. The Bertz CT molecular complexity index is 450. The molecule has 0 saturated carbocycles. The van der Waals surface area contributed by atoms with E-state index in [0.717, 1.165) is 30.8 Å². The van der Waals surface area contributed by atoms with Crippen LogP contribution >= 0.6 is 23.7 Å². The molecule has 1 atom stereocenters. The Kier molecular flexibility index (Phi) is 7.63. The molecule has 1 aliphatic rings. The Morgan fingerprint density at radius 3 is 2.86 bits per heavy atom. The Morgan fingerprint density at radius 2 is 2.24 bits per heavy atom. The quantitative estimate of drug-likeness (QED) is 0.919. The summed E-state index contributed by atoms with van der Waals surface area (Å²) < 4.78 is 0. The van der Waals surface area contributed by atoms with Crippen LogP contribution in [0.15, 0.2) is 5.38 Å². The average Bonchev–Trinajstić information content (AvgIpc) is 2.79. The van der Waals surface area contributed by atoms with Gasteiger partial charge in [0.1, 0.15) is 10.7 Å². The molecule has 1 fully saturated rings. The highest BCUT2D eigenvalue weighted by Crippen LogP contribution is 2.24. The predicted octanol–water partition coefficient (Wildman–Crippen LogP) is 3.45.